The van der Waals surface area contributed by atoms with Crippen molar-refractivity contribution in [1.29, 1.82) is 0 Å². The van der Waals surface area contributed by atoms with Crippen LogP contribution in [0.3, 0.4) is 0 Å². The summed E-state index contributed by atoms with van der Waals surface area (Å²) in [5.41, 5.74) is 0.690. The van der Waals surface area contributed by atoms with E-state index in [1.54, 1.807) is 12.3 Å². The number of pyridine rings is 1. The maximum Gasteiger partial charge on any atom is 0.170 e. The Labute approximate surface area is 129 Å². The second-order valence-corrected chi connectivity index (χ2v) is 6.77. The highest BCUT2D eigenvalue weighted by Gasteiger charge is 2.19. The molecule has 120 valence electrons. The first-order valence-electron chi connectivity index (χ1n) is 7.93. The van der Waals surface area contributed by atoms with Gasteiger partial charge in [-0.15, -0.1) is 0 Å². The molecule has 0 aliphatic heterocycles. The van der Waals surface area contributed by atoms with Crippen LogP contribution in [0.15, 0.2) is 12.3 Å². The molecular formula is C17H30FN3. The average molecular weight is 295 g/mol. The van der Waals surface area contributed by atoms with Gasteiger partial charge in [-0.2, -0.15) is 0 Å². The minimum Gasteiger partial charge on any atom is -0.351 e. The largest absolute Gasteiger partial charge is 0.351 e. The van der Waals surface area contributed by atoms with E-state index in [9.17, 15) is 4.39 Å². The van der Waals surface area contributed by atoms with Gasteiger partial charge >= 0.3 is 0 Å². The summed E-state index contributed by atoms with van der Waals surface area (Å²) in [6, 6.07) is 1.99. The van der Waals surface area contributed by atoms with E-state index in [1.807, 2.05) is 4.90 Å². The van der Waals surface area contributed by atoms with Gasteiger partial charge in [-0.05, 0) is 38.3 Å². The lowest BCUT2D eigenvalue weighted by atomic mass is 10.1. The number of hydrogen-bond acceptors (Lipinski definition) is 3. The van der Waals surface area contributed by atoms with Crippen LogP contribution in [0.2, 0.25) is 0 Å². The maximum atomic E-state index is 14.7. The van der Waals surface area contributed by atoms with Crippen molar-refractivity contribution >= 4 is 5.82 Å². The minimum absolute atomic E-state index is 0.192. The van der Waals surface area contributed by atoms with Gasteiger partial charge in [0.05, 0.1) is 0 Å². The predicted octanol–water partition coefficient (Wildman–Crippen LogP) is 3.84. The number of anilines is 1. The lowest BCUT2D eigenvalue weighted by Gasteiger charge is -2.30. The first-order chi connectivity index (χ1) is 9.82. The molecule has 3 nitrogen and oxygen atoms in total. The number of nitrogens with zero attached hydrogens (tertiary/aromatic N) is 2. The Hall–Kier alpha value is -1.16. The first kappa shape index (κ1) is 17.9. The van der Waals surface area contributed by atoms with E-state index in [-0.39, 0.29) is 11.9 Å². The zero-order valence-corrected chi connectivity index (χ0v) is 14.3. The lowest BCUT2D eigenvalue weighted by Crippen LogP contribution is -2.36. The Balaban J connectivity index is 2.91. The summed E-state index contributed by atoms with van der Waals surface area (Å²) in [7, 11) is 0. The van der Waals surface area contributed by atoms with Gasteiger partial charge in [-0.1, -0.05) is 27.7 Å². The van der Waals surface area contributed by atoms with Crippen LogP contribution in [-0.4, -0.2) is 24.1 Å². The molecule has 21 heavy (non-hydrogen) atoms. The number of halogens is 1. The van der Waals surface area contributed by atoms with Crippen LogP contribution >= 0.6 is 0 Å². The van der Waals surface area contributed by atoms with Gasteiger partial charge in [0.2, 0.25) is 0 Å². The average Bonchev–Trinajstić information content (AvgIpc) is 2.37. The van der Waals surface area contributed by atoms with Crippen LogP contribution in [-0.2, 0) is 6.54 Å². The molecule has 0 amide bonds. The van der Waals surface area contributed by atoms with Crippen LogP contribution in [0.5, 0.6) is 0 Å². The SMILES string of the molecule is CC(C)CNCc1ccnc(N(CC(C)C)C(C)C)c1F. The van der Waals surface area contributed by atoms with Crippen LogP contribution in [0.4, 0.5) is 10.2 Å². The van der Waals surface area contributed by atoms with Gasteiger partial charge in [0.1, 0.15) is 0 Å². The Morgan fingerprint density at radius 3 is 2.33 bits per heavy atom. The molecule has 1 aromatic heterocycles. The maximum absolute atomic E-state index is 14.7. The molecule has 0 aliphatic rings. The second-order valence-electron chi connectivity index (χ2n) is 6.77. The second kappa shape index (κ2) is 8.32. The summed E-state index contributed by atoms with van der Waals surface area (Å²) >= 11 is 0. The first-order valence-corrected chi connectivity index (χ1v) is 7.93. The van der Waals surface area contributed by atoms with Crippen LogP contribution in [0, 0.1) is 17.7 Å². The van der Waals surface area contributed by atoms with E-state index in [1.165, 1.54) is 0 Å². The van der Waals surface area contributed by atoms with Crippen molar-refractivity contribution < 1.29 is 4.39 Å². The van der Waals surface area contributed by atoms with E-state index < -0.39 is 0 Å². The highest BCUT2D eigenvalue weighted by Crippen LogP contribution is 2.22. The van der Waals surface area contributed by atoms with Crippen molar-refractivity contribution in [2.75, 3.05) is 18.0 Å². The fraction of sp³-hybridized carbons (Fsp3) is 0.706. The molecule has 0 bridgehead atoms. The van der Waals surface area contributed by atoms with Gasteiger partial charge in [-0.25, -0.2) is 9.37 Å². The molecule has 0 radical (unpaired) electrons. The molecule has 0 saturated carbocycles. The van der Waals surface area contributed by atoms with E-state index in [0.717, 1.165) is 13.1 Å². The summed E-state index contributed by atoms with van der Waals surface area (Å²) in [6.45, 7) is 15.0. The topological polar surface area (TPSA) is 28.2 Å². The molecule has 1 rings (SSSR count). The molecule has 0 atom stereocenters. The zero-order valence-electron chi connectivity index (χ0n) is 14.3. The van der Waals surface area contributed by atoms with Crippen LogP contribution in [0.25, 0.3) is 0 Å². The van der Waals surface area contributed by atoms with Crippen LogP contribution < -0.4 is 10.2 Å². The monoisotopic (exact) mass is 295 g/mol. The molecule has 0 saturated heterocycles. The molecule has 1 heterocycles. The van der Waals surface area contributed by atoms with Crippen molar-refractivity contribution in [3.63, 3.8) is 0 Å². The zero-order chi connectivity index (χ0) is 16.0. The highest BCUT2D eigenvalue weighted by atomic mass is 19.1. The van der Waals surface area contributed by atoms with Crippen molar-refractivity contribution in [3.05, 3.63) is 23.6 Å². The molecule has 1 N–H and O–H groups in total. The molecule has 4 heteroatoms. The molecule has 0 aromatic carbocycles. The third-order valence-electron chi connectivity index (χ3n) is 3.28. The number of rotatable bonds is 8. The van der Waals surface area contributed by atoms with Crippen LogP contribution in [0.1, 0.15) is 47.1 Å². The summed E-state index contributed by atoms with van der Waals surface area (Å²) in [5.74, 6) is 1.31. The predicted molar refractivity (Wildman–Crippen MR) is 88.1 cm³/mol. The van der Waals surface area contributed by atoms with Crippen molar-refractivity contribution in [2.24, 2.45) is 11.8 Å². The lowest BCUT2D eigenvalue weighted by molar-refractivity contribution is 0.519. The fourth-order valence-electron chi connectivity index (χ4n) is 2.24. The molecular weight excluding hydrogens is 265 g/mol. The highest BCUT2D eigenvalue weighted by molar-refractivity contribution is 5.44. The molecule has 1 aromatic rings. The summed E-state index contributed by atoms with van der Waals surface area (Å²) in [6.07, 6.45) is 1.71. The number of nitrogens with one attached hydrogen (secondary N) is 1. The Bertz CT molecular complexity index is 430. The minimum atomic E-state index is -0.192. The van der Waals surface area contributed by atoms with Crippen molar-refractivity contribution in [3.8, 4) is 0 Å². The van der Waals surface area contributed by atoms with Gasteiger partial charge in [-0.3, -0.25) is 0 Å². The Morgan fingerprint density at radius 2 is 1.81 bits per heavy atom. The van der Waals surface area contributed by atoms with Crippen molar-refractivity contribution in [2.45, 2.75) is 54.1 Å². The Morgan fingerprint density at radius 1 is 1.14 bits per heavy atom. The van der Waals surface area contributed by atoms with Gasteiger partial charge < -0.3 is 10.2 Å². The normalized spacial score (nSPS) is 11.7. The Kier molecular flexibility index (Phi) is 7.09. The van der Waals surface area contributed by atoms with E-state index in [4.69, 9.17) is 0 Å². The third-order valence-corrected chi connectivity index (χ3v) is 3.28. The standard InChI is InChI=1S/C17H30FN3/c1-12(2)9-19-10-15-7-8-20-17(16(15)18)21(14(5)6)11-13(3)4/h7-8,12-14,19H,9-11H2,1-6H3. The van der Waals surface area contributed by atoms with E-state index >= 15 is 0 Å². The van der Waals surface area contributed by atoms with E-state index in [0.29, 0.717) is 29.8 Å². The number of hydrogen-bond donors (Lipinski definition) is 1. The fourth-order valence-corrected chi connectivity index (χ4v) is 2.24. The summed E-state index contributed by atoms with van der Waals surface area (Å²) in [4.78, 5) is 6.33. The number of aromatic nitrogens is 1. The summed E-state index contributed by atoms with van der Waals surface area (Å²) < 4.78 is 14.7. The summed E-state index contributed by atoms with van der Waals surface area (Å²) in [5, 5.41) is 3.29. The van der Waals surface area contributed by atoms with Gasteiger partial charge in [0.15, 0.2) is 11.6 Å². The third kappa shape index (κ3) is 5.62. The molecule has 0 unspecified atom stereocenters. The smallest absolute Gasteiger partial charge is 0.170 e. The van der Waals surface area contributed by atoms with Gasteiger partial charge in [0.25, 0.3) is 0 Å². The quantitative estimate of drug-likeness (QED) is 0.790. The molecule has 0 aliphatic carbocycles. The molecule has 0 spiro atoms. The van der Waals surface area contributed by atoms with Crippen molar-refractivity contribution in [1.82, 2.24) is 10.3 Å². The molecule has 0 fully saturated rings. The van der Waals surface area contributed by atoms with Gasteiger partial charge in [0, 0.05) is 30.9 Å². The van der Waals surface area contributed by atoms with E-state index in [2.05, 4.69) is 51.8 Å².